The van der Waals surface area contributed by atoms with E-state index in [1.165, 1.54) is 13.0 Å². The van der Waals surface area contributed by atoms with Crippen LogP contribution in [0, 0.1) is 12.8 Å². The van der Waals surface area contributed by atoms with Crippen LogP contribution in [0.25, 0.3) is 0 Å². The Kier molecular flexibility index (Phi) is 17.0. The number of carbonyl (C=O) groups is 4. The molecule has 1 aliphatic heterocycles. The van der Waals surface area contributed by atoms with Gasteiger partial charge in [-0.15, -0.1) is 0 Å². The zero-order valence-corrected chi connectivity index (χ0v) is 36.3. The number of esters is 1. The van der Waals surface area contributed by atoms with Crippen molar-refractivity contribution in [2.24, 2.45) is 5.92 Å². The summed E-state index contributed by atoms with van der Waals surface area (Å²) < 4.78 is 28.3. The summed E-state index contributed by atoms with van der Waals surface area (Å²) in [6, 6.07) is 1.21. The van der Waals surface area contributed by atoms with Crippen LogP contribution in [0.5, 0.6) is 0 Å². The summed E-state index contributed by atoms with van der Waals surface area (Å²) >= 11 is 0. The zero-order chi connectivity index (χ0) is 39.5. The molecule has 1 saturated heterocycles. The number of aromatic nitrogens is 2. The van der Waals surface area contributed by atoms with Gasteiger partial charge in [0.05, 0.1) is 0 Å². The fourth-order valence-corrected chi connectivity index (χ4v) is 15.6. The number of ketones is 1. The van der Waals surface area contributed by atoms with Gasteiger partial charge in [-0.25, -0.2) is 0 Å². The molecule has 1 aromatic heterocycles. The second-order valence-electron chi connectivity index (χ2n) is 16.2. The van der Waals surface area contributed by atoms with Gasteiger partial charge in [0.15, 0.2) is 0 Å². The Morgan fingerprint density at radius 1 is 1.06 bits per heavy atom. The van der Waals surface area contributed by atoms with E-state index in [2.05, 4.69) is 66.3 Å². The Morgan fingerprint density at radius 2 is 1.62 bits per heavy atom. The third kappa shape index (κ3) is 10.6. The molecular formula is C39H70N3O8PSi. The van der Waals surface area contributed by atoms with E-state index in [9.17, 15) is 14.4 Å². The number of hydrogen-bond acceptors (Lipinski definition) is 9. The number of rotatable bonds is 24. The van der Waals surface area contributed by atoms with Crippen molar-refractivity contribution in [2.75, 3.05) is 32.2 Å². The number of amides is 1. The van der Waals surface area contributed by atoms with Crippen molar-refractivity contribution in [2.45, 2.75) is 157 Å². The van der Waals surface area contributed by atoms with E-state index in [0.29, 0.717) is 37.3 Å². The van der Waals surface area contributed by atoms with Crippen molar-refractivity contribution in [3.63, 3.8) is 0 Å². The molecule has 1 aliphatic rings. The molecule has 11 nitrogen and oxygen atoms in total. The van der Waals surface area contributed by atoms with Gasteiger partial charge in [-0.2, -0.15) is 0 Å². The van der Waals surface area contributed by atoms with E-state index >= 15 is 4.79 Å². The van der Waals surface area contributed by atoms with Crippen LogP contribution in [-0.2, 0) is 39.4 Å². The fraction of sp³-hybridized carbons (Fsp3) is 0.769. The minimum absolute atomic E-state index is 0.0161. The van der Waals surface area contributed by atoms with Crippen molar-refractivity contribution < 1.29 is 37.6 Å². The number of hydrogen-bond donors (Lipinski definition) is 0. The van der Waals surface area contributed by atoms with Crippen LogP contribution >= 0.6 is 6.98 Å². The molecule has 2 rings (SSSR count). The van der Waals surface area contributed by atoms with Crippen LogP contribution in [0.15, 0.2) is 18.7 Å². The minimum atomic E-state index is -3.99. The normalized spacial score (nSPS) is 18.6. The summed E-state index contributed by atoms with van der Waals surface area (Å²) in [6.45, 7) is 23.0. The van der Waals surface area contributed by atoms with Crippen molar-refractivity contribution in [3.05, 3.63) is 30.1 Å². The Morgan fingerprint density at radius 3 is 2.08 bits per heavy atom. The first kappa shape index (κ1) is 45.8. The number of β-lactam (4-membered cyclic amide) rings is 1. The first-order chi connectivity index (χ1) is 24.3. The van der Waals surface area contributed by atoms with Gasteiger partial charge in [0.2, 0.25) is 0 Å². The number of unbranched alkanes of at least 4 members (excludes halogenated alkanes) is 3. The molecule has 0 aliphatic carbocycles. The third-order valence-corrected chi connectivity index (χ3v) is 21.9. The van der Waals surface area contributed by atoms with E-state index in [0.717, 1.165) is 44.2 Å². The van der Waals surface area contributed by atoms with Crippen LogP contribution in [-0.4, -0.2) is 96.8 Å². The van der Waals surface area contributed by atoms with Crippen molar-refractivity contribution >= 4 is 38.9 Å². The van der Waals surface area contributed by atoms with Crippen molar-refractivity contribution in [3.8, 4) is 0 Å². The molecule has 1 fully saturated rings. The Labute approximate surface area is 315 Å². The van der Waals surface area contributed by atoms with Crippen molar-refractivity contribution in [1.29, 1.82) is 0 Å². The van der Waals surface area contributed by atoms with Gasteiger partial charge in [-0.1, -0.05) is 0 Å². The van der Waals surface area contributed by atoms with Gasteiger partial charge in [0.1, 0.15) is 0 Å². The molecule has 0 bridgehead atoms. The fourth-order valence-electron chi connectivity index (χ4n) is 7.19. The van der Waals surface area contributed by atoms with Gasteiger partial charge in [-0.05, 0) is 0 Å². The Balaban J connectivity index is 2.88. The summed E-state index contributed by atoms with van der Waals surface area (Å²) in [7, 11) is -0.699. The molecule has 1 unspecified atom stereocenters. The molecule has 0 aromatic carbocycles. The topological polar surface area (TPSA) is 126 Å². The van der Waals surface area contributed by atoms with Gasteiger partial charge in [0, 0.05) is 0 Å². The SMILES string of the molecule is C=CCC(OC(C)=O)C(=O)OP(CCCC)(CCCC)(CCCC)N1C(=O)[C@H]([C@@H](C)O[Si](C)(C)C(C)(C)C)[C@H]1CC(=O)c1cc(C)n(CCOC)n1. The zero-order valence-electron chi connectivity index (χ0n) is 34.4. The number of carbonyl (C=O) groups excluding carboxylic acids is 4. The summed E-state index contributed by atoms with van der Waals surface area (Å²) in [5.41, 5.74) is 1.17. The average molecular weight is 768 g/mol. The van der Waals surface area contributed by atoms with E-state index in [-0.39, 0.29) is 29.6 Å². The molecule has 2 heterocycles. The predicted molar refractivity (Wildman–Crippen MR) is 212 cm³/mol. The molecule has 4 atom stereocenters. The third-order valence-electron chi connectivity index (χ3n) is 11.1. The van der Waals surface area contributed by atoms with E-state index in [1.807, 2.05) is 18.5 Å². The molecule has 13 heteroatoms. The van der Waals surface area contributed by atoms with Crippen molar-refractivity contribution in [1.82, 2.24) is 14.5 Å². The molecule has 0 saturated carbocycles. The summed E-state index contributed by atoms with van der Waals surface area (Å²) in [5, 5.41) is 4.54. The first-order valence-electron chi connectivity index (χ1n) is 19.4. The quantitative estimate of drug-likeness (QED) is 0.0254. The number of methoxy groups -OCH3 is 1. The monoisotopic (exact) mass is 767 g/mol. The van der Waals surface area contributed by atoms with Crippen LogP contribution in [0.1, 0.15) is 123 Å². The first-order valence-corrected chi connectivity index (χ1v) is 25.0. The molecule has 1 aromatic rings. The van der Waals surface area contributed by atoms with E-state index in [4.69, 9.17) is 18.4 Å². The molecule has 0 spiro atoms. The number of nitrogens with zero attached hydrogens (tertiary/aromatic N) is 3. The molecule has 52 heavy (non-hydrogen) atoms. The van der Waals surface area contributed by atoms with Crippen LogP contribution in [0.2, 0.25) is 18.1 Å². The number of aryl methyl sites for hydroxylation is 1. The maximum absolute atomic E-state index is 15.1. The van der Waals surface area contributed by atoms with E-state index < -0.39 is 51.4 Å². The molecular weight excluding hydrogens is 698 g/mol. The molecule has 1 amide bonds. The van der Waals surface area contributed by atoms with E-state index in [1.54, 1.807) is 17.9 Å². The second kappa shape index (κ2) is 19.3. The standard InChI is InChI=1S/C39H70N3O8PSi/c1-14-18-24-51(25-19-15-2,26-20-16-3,49-38(46)35(21-17-4)48-31(7)43)42-33(28-34(44)32-27-29(5)41(40-32)22-23-47-11)36(37(42)45)30(6)50-52(12,13)39(8,9)10/h17,27,30,33,35-36H,4,14-16,18-26,28H2,1-3,5-13H3/t30-,33-,35?,36-/m1/s1. The molecule has 298 valence electrons. The summed E-state index contributed by atoms with van der Waals surface area (Å²) in [5.74, 6) is -2.18. The Hall–Kier alpha value is -2.40. The average Bonchev–Trinajstić information content (AvgIpc) is 3.43. The number of ether oxygens (including phenoxy) is 2. The predicted octanol–water partition coefficient (Wildman–Crippen LogP) is 8.48. The van der Waals surface area contributed by atoms with Crippen LogP contribution < -0.4 is 0 Å². The number of Topliss-reactive ketones (excluding diaryl/α,β-unsaturated/α-hetero) is 1. The van der Waals surface area contributed by atoms with Crippen LogP contribution in [0.3, 0.4) is 0 Å². The van der Waals surface area contributed by atoms with Gasteiger partial charge < -0.3 is 0 Å². The van der Waals surface area contributed by atoms with Gasteiger partial charge >= 0.3 is 316 Å². The molecule has 0 N–H and O–H groups in total. The van der Waals surface area contributed by atoms with Crippen LogP contribution in [0.4, 0.5) is 0 Å². The molecule has 0 radical (unpaired) electrons. The second-order valence-corrected chi connectivity index (χ2v) is 26.0. The Bertz CT molecular complexity index is 1370. The van der Waals surface area contributed by atoms with Gasteiger partial charge in [-0.3, -0.25) is 0 Å². The van der Waals surface area contributed by atoms with Gasteiger partial charge in [0.25, 0.3) is 0 Å². The maximum atomic E-state index is 15.1. The summed E-state index contributed by atoms with van der Waals surface area (Å²) in [6.07, 6.45) is 6.18. The summed E-state index contributed by atoms with van der Waals surface area (Å²) in [4.78, 5) is 55.9.